The third kappa shape index (κ3) is 4.47. The van der Waals surface area contributed by atoms with Gasteiger partial charge in [0.1, 0.15) is 5.82 Å². The minimum atomic E-state index is -0.225. The van der Waals surface area contributed by atoms with Crippen LogP contribution in [-0.4, -0.2) is 34.7 Å². The van der Waals surface area contributed by atoms with Gasteiger partial charge in [0.25, 0.3) is 0 Å². The van der Waals surface area contributed by atoms with E-state index in [2.05, 4.69) is 27.5 Å². The molecule has 2 aromatic carbocycles. The molecule has 3 rings (SSSR count). The first-order valence-electron chi connectivity index (χ1n) is 8.41. The highest BCUT2D eigenvalue weighted by Gasteiger charge is 2.07. The van der Waals surface area contributed by atoms with E-state index in [1.807, 2.05) is 41.0 Å². The zero-order valence-corrected chi connectivity index (χ0v) is 14.9. The van der Waals surface area contributed by atoms with E-state index in [0.29, 0.717) is 13.1 Å². The van der Waals surface area contributed by atoms with E-state index in [1.54, 1.807) is 25.4 Å². The smallest absolute Gasteiger partial charge is 0.193 e. The maximum atomic E-state index is 13.0. The Labute approximate surface area is 152 Å². The van der Waals surface area contributed by atoms with Crippen LogP contribution < -0.4 is 5.32 Å². The molecule has 0 spiro atoms. The Morgan fingerprint density at radius 1 is 1.12 bits per heavy atom. The van der Waals surface area contributed by atoms with Crippen molar-refractivity contribution in [3.05, 3.63) is 83.9 Å². The van der Waals surface area contributed by atoms with Gasteiger partial charge in [0.05, 0.1) is 5.69 Å². The largest absolute Gasteiger partial charge is 0.352 e. The van der Waals surface area contributed by atoms with Crippen LogP contribution in [0.4, 0.5) is 4.39 Å². The molecule has 0 atom stereocenters. The second-order valence-corrected chi connectivity index (χ2v) is 6.00. The standard InChI is InChI=1S/C20H22FN5/c1-22-20(25(2)15-17-4-8-18(21)9-5-17)23-14-16-6-10-19(11-7-16)26-13-3-12-24-26/h3-13H,14-15H2,1-2H3,(H,22,23). The Bertz CT molecular complexity index is 839. The van der Waals surface area contributed by atoms with E-state index >= 15 is 0 Å². The number of aromatic nitrogens is 2. The maximum absolute atomic E-state index is 13.0. The summed E-state index contributed by atoms with van der Waals surface area (Å²) >= 11 is 0. The lowest BCUT2D eigenvalue weighted by atomic mass is 10.2. The Morgan fingerprint density at radius 2 is 1.81 bits per heavy atom. The van der Waals surface area contributed by atoms with Crippen molar-refractivity contribution in [1.29, 1.82) is 0 Å². The minimum Gasteiger partial charge on any atom is -0.352 e. The van der Waals surface area contributed by atoms with Crippen LogP contribution in [-0.2, 0) is 13.1 Å². The van der Waals surface area contributed by atoms with Crippen molar-refractivity contribution in [2.24, 2.45) is 4.99 Å². The van der Waals surface area contributed by atoms with Gasteiger partial charge in [-0.1, -0.05) is 24.3 Å². The molecular formula is C20H22FN5. The third-order valence-electron chi connectivity index (χ3n) is 4.06. The summed E-state index contributed by atoms with van der Waals surface area (Å²) in [5, 5.41) is 7.57. The quantitative estimate of drug-likeness (QED) is 0.567. The second-order valence-electron chi connectivity index (χ2n) is 6.00. The van der Waals surface area contributed by atoms with Gasteiger partial charge in [-0.3, -0.25) is 4.99 Å². The van der Waals surface area contributed by atoms with E-state index in [-0.39, 0.29) is 5.82 Å². The SMILES string of the molecule is CN=C(NCc1ccc(-n2cccn2)cc1)N(C)Cc1ccc(F)cc1. The molecule has 0 saturated heterocycles. The number of nitrogens with zero attached hydrogens (tertiary/aromatic N) is 4. The van der Waals surface area contributed by atoms with Crippen molar-refractivity contribution in [3.8, 4) is 5.69 Å². The molecular weight excluding hydrogens is 329 g/mol. The summed E-state index contributed by atoms with van der Waals surface area (Å²) in [6.45, 7) is 1.32. The van der Waals surface area contributed by atoms with E-state index in [1.165, 1.54) is 12.1 Å². The number of hydrogen-bond donors (Lipinski definition) is 1. The normalized spacial score (nSPS) is 11.4. The molecule has 0 bridgehead atoms. The van der Waals surface area contributed by atoms with Gasteiger partial charge in [-0.25, -0.2) is 9.07 Å². The Hall–Kier alpha value is -3.15. The zero-order valence-electron chi connectivity index (χ0n) is 14.9. The molecule has 0 unspecified atom stereocenters. The summed E-state index contributed by atoms with van der Waals surface area (Å²) in [5.74, 6) is 0.558. The number of halogens is 1. The van der Waals surface area contributed by atoms with Gasteiger partial charge in [-0.2, -0.15) is 5.10 Å². The average molecular weight is 351 g/mol. The van der Waals surface area contributed by atoms with Crippen LogP contribution in [0.5, 0.6) is 0 Å². The Kier molecular flexibility index (Phi) is 5.63. The molecule has 0 saturated carbocycles. The molecule has 5 nitrogen and oxygen atoms in total. The van der Waals surface area contributed by atoms with Gasteiger partial charge in [0, 0.05) is 39.6 Å². The number of nitrogens with one attached hydrogen (secondary N) is 1. The van der Waals surface area contributed by atoms with Gasteiger partial charge < -0.3 is 10.2 Å². The van der Waals surface area contributed by atoms with Crippen LogP contribution in [0.3, 0.4) is 0 Å². The summed E-state index contributed by atoms with van der Waals surface area (Å²) < 4.78 is 14.8. The first-order valence-corrected chi connectivity index (χ1v) is 8.41. The molecule has 0 aliphatic carbocycles. The fourth-order valence-electron chi connectivity index (χ4n) is 2.69. The summed E-state index contributed by atoms with van der Waals surface area (Å²) in [5.41, 5.74) is 3.20. The average Bonchev–Trinajstić information content (AvgIpc) is 3.19. The molecule has 26 heavy (non-hydrogen) atoms. The molecule has 0 aliphatic heterocycles. The van der Waals surface area contributed by atoms with Gasteiger partial charge in [0.2, 0.25) is 0 Å². The molecule has 0 aliphatic rings. The highest BCUT2D eigenvalue weighted by atomic mass is 19.1. The monoisotopic (exact) mass is 351 g/mol. The van der Waals surface area contributed by atoms with Crippen molar-refractivity contribution in [3.63, 3.8) is 0 Å². The number of guanidine groups is 1. The second kappa shape index (κ2) is 8.29. The van der Waals surface area contributed by atoms with E-state index < -0.39 is 0 Å². The summed E-state index contributed by atoms with van der Waals surface area (Å²) in [7, 11) is 3.71. The van der Waals surface area contributed by atoms with Gasteiger partial charge in [-0.15, -0.1) is 0 Å². The van der Waals surface area contributed by atoms with E-state index in [4.69, 9.17) is 0 Å². The Morgan fingerprint density at radius 3 is 2.42 bits per heavy atom. The summed E-state index contributed by atoms with van der Waals surface area (Å²) in [6, 6.07) is 16.6. The fraction of sp³-hybridized carbons (Fsp3) is 0.200. The van der Waals surface area contributed by atoms with E-state index in [9.17, 15) is 4.39 Å². The minimum absolute atomic E-state index is 0.225. The topological polar surface area (TPSA) is 45.5 Å². The fourth-order valence-corrected chi connectivity index (χ4v) is 2.69. The lowest BCUT2D eigenvalue weighted by Gasteiger charge is -2.22. The predicted octanol–water partition coefficient (Wildman–Crippen LogP) is 3.22. The van der Waals surface area contributed by atoms with Crippen LogP contribution in [0.25, 0.3) is 5.69 Å². The molecule has 0 amide bonds. The van der Waals surface area contributed by atoms with Crippen molar-refractivity contribution in [2.45, 2.75) is 13.1 Å². The molecule has 0 radical (unpaired) electrons. The first kappa shape index (κ1) is 17.7. The van der Waals surface area contributed by atoms with Crippen molar-refractivity contribution < 1.29 is 4.39 Å². The number of benzene rings is 2. The highest BCUT2D eigenvalue weighted by molar-refractivity contribution is 5.79. The Balaban J connectivity index is 1.57. The molecule has 1 heterocycles. The highest BCUT2D eigenvalue weighted by Crippen LogP contribution is 2.09. The van der Waals surface area contributed by atoms with Gasteiger partial charge in [-0.05, 0) is 41.5 Å². The predicted molar refractivity (Wildman–Crippen MR) is 102 cm³/mol. The van der Waals surface area contributed by atoms with Crippen LogP contribution in [0.1, 0.15) is 11.1 Å². The molecule has 0 fully saturated rings. The lowest BCUT2D eigenvalue weighted by molar-refractivity contribution is 0.476. The number of rotatable bonds is 5. The van der Waals surface area contributed by atoms with Crippen LogP contribution in [0.15, 0.2) is 72.0 Å². The van der Waals surface area contributed by atoms with Crippen molar-refractivity contribution in [2.75, 3.05) is 14.1 Å². The van der Waals surface area contributed by atoms with Crippen molar-refractivity contribution >= 4 is 5.96 Å². The third-order valence-corrected chi connectivity index (χ3v) is 4.06. The van der Waals surface area contributed by atoms with Crippen molar-refractivity contribution in [1.82, 2.24) is 20.0 Å². The van der Waals surface area contributed by atoms with Crippen LogP contribution >= 0.6 is 0 Å². The molecule has 1 aromatic heterocycles. The van der Waals surface area contributed by atoms with Crippen LogP contribution in [0.2, 0.25) is 0 Å². The van der Waals surface area contributed by atoms with E-state index in [0.717, 1.165) is 22.8 Å². The summed E-state index contributed by atoms with van der Waals surface area (Å²) in [4.78, 5) is 6.32. The zero-order chi connectivity index (χ0) is 18.4. The number of hydrogen-bond acceptors (Lipinski definition) is 2. The molecule has 134 valence electrons. The first-order chi connectivity index (χ1) is 12.7. The van der Waals surface area contributed by atoms with Crippen LogP contribution in [0, 0.1) is 5.82 Å². The molecule has 3 aromatic rings. The number of aliphatic imine (C=N–C) groups is 1. The summed E-state index contributed by atoms with van der Waals surface area (Å²) in [6.07, 6.45) is 3.68. The molecule has 1 N–H and O–H groups in total. The van der Waals surface area contributed by atoms with Gasteiger partial charge >= 0.3 is 0 Å². The lowest BCUT2D eigenvalue weighted by Crippen LogP contribution is -2.38. The maximum Gasteiger partial charge on any atom is 0.193 e. The van der Waals surface area contributed by atoms with Gasteiger partial charge in [0.15, 0.2) is 5.96 Å². The molecule has 6 heteroatoms.